The van der Waals surface area contributed by atoms with Crippen LogP contribution in [0.4, 0.5) is 5.95 Å². The summed E-state index contributed by atoms with van der Waals surface area (Å²) in [5, 5.41) is 3.21. The van der Waals surface area contributed by atoms with Crippen LogP contribution in [0, 0.1) is 0 Å². The van der Waals surface area contributed by atoms with Crippen molar-refractivity contribution in [3.05, 3.63) is 18.0 Å². The van der Waals surface area contributed by atoms with Gasteiger partial charge in [-0.25, -0.2) is 9.97 Å². The third-order valence-corrected chi connectivity index (χ3v) is 5.34. The van der Waals surface area contributed by atoms with Crippen molar-refractivity contribution in [1.82, 2.24) is 19.8 Å². The van der Waals surface area contributed by atoms with Crippen molar-refractivity contribution in [3.8, 4) is 0 Å². The maximum atomic E-state index is 12.7. The second-order valence-electron chi connectivity index (χ2n) is 7.08. The lowest BCUT2D eigenvalue weighted by Crippen LogP contribution is -2.47. The van der Waals surface area contributed by atoms with Crippen LogP contribution in [-0.4, -0.2) is 97.2 Å². The summed E-state index contributed by atoms with van der Waals surface area (Å²) in [4.78, 5) is 25.4. The number of amides is 1. The van der Waals surface area contributed by atoms with E-state index in [2.05, 4.69) is 20.2 Å². The zero-order chi connectivity index (χ0) is 18.5. The fourth-order valence-electron chi connectivity index (χ4n) is 3.70. The molecular formula is C18H27N5O4. The molecule has 1 aromatic rings. The molecule has 4 rings (SSSR count). The molecule has 3 fully saturated rings. The molecular weight excluding hydrogens is 350 g/mol. The Morgan fingerprint density at radius 2 is 1.70 bits per heavy atom. The Hall–Kier alpha value is -1.81. The van der Waals surface area contributed by atoms with E-state index in [4.69, 9.17) is 14.2 Å². The van der Waals surface area contributed by atoms with E-state index in [0.29, 0.717) is 50.7 Å². The van der Waals surface area contributed by atoms with E-state index in [-0.39, 0.29) is 5.91 Å². The maximum absolute atomic E-state index is 12.7. The Kier molecular flexibility index (Phi) is 5.82. The highest BCUT2D eigenvalue weighted by molar-refractivity contribution is 5.93. The number of ether oxygens (including phenoxy) is 3. The highest BCUT2D eigenvalue weighted by atomic mass is 16.7. The first-order chi connectivity index (χ1) is 13.2. The summed E-state index contributed by atoms with van der Waals surface area (Å²) >= 11 is 0. The smallest absolute Gasteiger partial charge is 0.256 e. The predicted molar refractivity (Wildman–Crippen MR) is 97.6 cm³/mol. The van der Waals surface area contributed by atoms with E-state index in [1.807, 2.05) is 4.90 Å². The standard InChI is InChI=1S/C18H27N5O4/c24-16(23-4-1-18(2-5-23)26-11-12-27-18)15-13-20-17(21-14-15)19-3-6-22-7-9-25-10-8-22/h13-14H,1-12H2,(H,19,20,21). The van der Waals surface area contributed by atoms with E-state index >= 15 is 0 Å². The van der Waals surface area contributed by atoms with Crippen LogP contribution < -0.4 is 5.32 Å². The van der Waals surface area contributed by atoms with Crippen molar-refractivity contribution < 1.29 is 19.0 Å². The van der Waals surface area contributed by atoms with Crippen LogP contribution in [0.25, 0.3) is 0 Å². The molecule has 0 aliphatic carbocycles. The number of nitrogens with zero attached hydrogens (tertiary/aromatic N) is 4. The minimum Gasteiger partial charge on any atom is -0.379 e. The molecule has 1 amide bonds. The van der Waals surface area contributed by atoms with Gasteiger partial charge in [-0.2, -0.15) is 0 Å². The average molecular weight is 377 g/mol. The topological polar surface area (TPSA) is 89.1 Å². The summed E-state index contributed by atoms with van der Waals surface area (Å²) < 4.78 is 16.8. The van der Waals surface area contributed by atoms with Gasteiger partial charge >= 0.3 is 0 Å². The second-order valence-corrected chi connectivity index (χ2v) is 7.08. The summed E-state index contributed by atoms with van der Waals surface area (Å²) in [5.41, 5.74) is 0.512. The van der Waals surface area contributed by atoms with Crippen LogP contribution in [0.2, 0.25) is 0 Å². The van der Waals surface area contributed by atoms with Crippen LogP contribution in [-0.2, 0) is 14.2 Å². The van der Waals surface area contributed by atoms with E-state index in [1.54, 1.807) is 12.4 Å². The number of carbonyl (C=O) groups is 1. The molecule has 0 atom stereocenters. The fourth-order valence-corrected chi connectivity index (χ4v) is 3.70. The number of likely N-dealkylation sites (tertiary alicyclic amines) is 1. The summed E-state index contributed by atoms with van der Waals surface area (Å²) in [6, 6.07) is 0. The lowest BCUT2D eigenvalue weighted by atomic mass is 10.0. The lowest BCUT2D eigenvalue weighted by molar-refractivity contribution is -0.181. The lowest BCUT2D eigenvalue weighted by Gasteiger charge is -2.37. The van der Waals surface area contributed by atoms with Gasteiger partial charge in [0.2, 0.25) is 5.95 Å². The molecule has 4 heterocycles. The number of anilines is 1. The molecule has 9 heteroatoms. The number of aromatic nitrogens is 2. The van der Waals surface area contributed by atoms with Gasteiger partial charge in [-0.05, 0) is 0 Å². The molecule has 1 N–H and O–H groups in total. The highest BCUT2D eigenvalue weighted by Gasteiger charge is 2.40. The van der Waals surface area contributed by atoms with Gasteiger partial charge in [-0.3, -0.25) is 9.69 Å². The molecule has 9 nitrogen and oxygen atoms in total. The van der Waals surface area contributed by atoms with Gasteiger partial charge in [-0.1, -0.05) is 0 Å². The van der Waals surface area contributed by atoms with Gasteiger partial charge < -0.3 is 24.4 Å². The SMILES string of the molecule is O=C(c1cnc(NCCN2CCOCC2)nc1)N1CCC2(CC1)OCCO2. The number of rotatable bonds is 5. The van der Waals surface area contributed by atoms with Gasteiger partial charge in [0.1, 0.15) is 0 Å². The third kappa shape index (κ3) is 4.55. The second kappa shape index (κ2) is 8.47. The zero-order valence-electron chi connectivity index (χ0n) is 15.6. The number of hydrogen-bond acceptors (Lipinski definition) is 8. The highest BCUT2D eigenvalue weighted by Crippen LogP contribution is 2.31. The molecule has 3 aliphatic rings. The van der Waals surface area contributed by atoms with Crippen molar-refractivity contribution in [2.75, 3.05) is 71.0 Å². The molecule has 0 radical (unpaired) electrons. The van der Waals surface area contributed by atoms with Gasteiger partial charge in [0.15, 0.2) is 5.79 Å². The first-order valence-electron chi connectivity index (χ1n) is 9.67. The minimum atomic E-state index is -0.471. The summed E-state index contributed by atoms with van der Waals surface area (Å²) in [7, 11) is 0. The third-order valence-electron chi connectivity index (χ3n) is 5.34. The Morgan fingerprint density at radius 3 is 2.37 bits per heavy atom. The molecule has 3 saturated heterocycles. The number of hydrogen-bond donors (Lipinski definition) is 1. The molecule has 1 aromatic heterocycles. The fraction of sp³-hybridized carbons (Fsp3) is 0.722. The van der Waals surface area contributed by atoms with Crippen molar-refractivity contribution >= 4 is 11.9 Å². The molecule has 0 aromatic carbocycles. The monoisotopic (exact) mass is 377 g/mol. The molecule has 1 spiro atoms. The number of carbonyl (C=O) groups excluding carboxylic acids is 1. The van der Waals surface area contributed by atoms with Crippen LogP contribution in [0.1, 0.15) is 23.2 Å². The van der Waals surface area contributed by atoms with Crippen molar-refractivity contribution in [1.29, 1.82) is 0 Å². The number of nitrogens with one attached hydrogen (secondary N) is 1. The summed E-state index contributed by atoms with van der Waals surface area (Å²) in [5.74, 6) is 0.0366. The summed E-state index contributed by atoms with van der Waals surface area (Å²) in [6.07, 6.45) is 4.61. The Morgan fingerprint density at radius 1 is 1.04 bits per heavy atom. The average Bonchev–Trinajstić information content (AvgIpc) is 3.17. The molecule has 0 unspecified atom stereocenters. The molecule has 3 aliphatic heterocycles. The predicted octanol–water partition coefficient (Wildman–Crippen LogP) is 0.200. The van der Waals surface area contributed by atoms with Crippen LogP contribution in [0.15, 0.2) is 12.4 Å². The summed E-state index contributed by atoms with van der Waals surface area (Å²) in [6.45, 7) is 7.73. The van der Waals surface area contributed by atoms with Gasteiger partial charge in [0.05, 0.1) is 32.0 Å². The van der Waals surface area contributed by atoms with Crippen molar-refractivity contribution in [2.45, 2.75) is 18.6 Å². The maximum Gasteiger partial charge on any atom is 0.256 e. The van der Waals surface area contributed by atoms with Crippen LogP contribution >= 0.6 is 0 Å². The Labute approximate surface area is 159 Å². The largest absolute Gasteiger partial charge is 0.379 e. The van der Waals surface area contributed by atoms with Crippen LogP contribution in [0.5, 0.6) is 0 Å². The molecule has 27 heavy (non-hydrogen) atoms. The first kappa shape index (κ1) is 18.5. The molecule has 148 valence electrons. The van der Waals surface area contributed by atoms with Crippen LogP contribution in [0.3, 0.4) is 0 Å². The van der Waals surface area contributed by atoms with E-state index in [1.165, 1.54) is 0 Å². The quantitative estimate of drug-likeness (QED) is 0.779. The zero-order valence-corrected chi connectivity index (χ0v) is 15.6. The normalized spacial score (nSPS) is 22.9. The van der Waals surface area contributed by atoms with Crippen molar-refractivity contribution in [2.24, 2.45) is 0 Å². The first-order valence-corrected chi connectivity index (χ1v) is 9.67. The minimum absolute atomic E-state index is 0.0392. The van der Waals surface area contributed by atoms with E-state index < -0.39 is 5.79 Å². The van der Waals surface area contributed by atoms with E-state index in [9.17, 15) is 4.79 Å². The number of piperidine rings is 1. The van der Waals surface area contributed by atoms with E-state index in [0.717, 1.165) is 39.4 Å². The molecule has 0 saturated carbocycles. The van der Waals surface area contributed by atoms with Crippen molar-refractivity contribution in [3.63, 3.8) is 0 Å². The van der Waals surface area contributed by atoms with Gasteiger partial charge in [0, 0.05) is 64.5 Å². The van der Waals surface area contributed by atoms with Gasteiger partial charge in [0.25, 0.3) is 5.91 Å². The Balaban J connectivity index is 1.24. The number of morpholine rings is 1. The Bertz CT molecular complexity index is 619. The van der Waals surface area contributed by atoms with Gasteiger partial charge in [-0.15, -0.1) is 0 Å². The molecule has 0 bridgehead atoms.